The smallest absolute Gasteiger partial charge is 0.317 e. The average Bonchev–Trinajstić information content (AvgIpc) is 0.951. The van der Waals surface area contributed by atoms with Crippen LogP contribution in [0.5, 0.6) is 0 Å². The Kier molecular flexibility index (Phi) is 18.7. The quantitative estimate of drug-likeness (QED) is 0.0439. The van der Waals surface area contributed by atoms with E-state index in [4.69, 9.17) is 47.4 Å². The summed E-state index contributed by atoms with van der Waals surface area (Å²) in [6.07, 6.45) is -32.8. The van der Waals surface area contributed by atoms with Crippen molar-refractivity contribution in [2.45, 2.75) is 240 Å². The SMILES string of the molecule is C[C@@H]1O[C@@H](O[C@H]2[C@@H](OC(=O)[C@@]34CCC(C)(C)C[C@H]3C3=CC[C@H]5[C@]6(C)C[C@@H](O)[C@@H](O[C@@H]7O[C@H](CO)[C@@H](O)[C@H](O)[C@H]7O)C(CO)(CO)[C@H]6CC[C@]5(C)[C@@]3(C)C[C@H]4O)OC[C@H](O)[C@@H]2O)[C@H](O)[C@H](O)[C@@H]1O[C@H]1OC[C@H](O)[C@H](O[C@H]2OC[C@@](O)(CO)[C@H]2O)[C@H]1O. The van der Waals surface area contributed by atoms with Crippen LogP contribution in [0.2, 0.25) is 0 Å². The number of aliphatic hydroxyl groups excluding tert-OH is 16. The number of carbonyl (C=O) groups is 1. The molecule has 5 heterocycles. The molecule has 5 aliphatic heterocycles. The topological polar surface area (TPSA) is 453 Å². The zero-order chi connectivity index (χ0) is 62.1. The molecule has 28 nitrogen and oxygen atoms in total. The summed E-state index contributed by atoms with van der Waals surface area (Å²) in [7, 11) is 0. The Morgan fingerprint density at radius 2 is 1.24 bits per heavy atom. The molecule has 17 N–H and O–H groups in total. The van der Waals surface area contributed by atoms with Crippen LogP contribution in [-0.2, 0) is 52.2 Å². The molecule has 0 aromatic carbocycles. The summed E-state index contributed by atoms with van der Waals surface area (Å²) in [5, 5.41) is 188. The number of fused-ring (bicyclic) bond motifs is 7. The summed E-state index contributed by atoms with van der Waals surface area (Å²) < 4.78 is 58.5. The van der Waals surface area contributed by atoms with Crippen LogP contribution in [0.15, 0.2) is 11.6 Å². The maximum atomic E-state index is 15.4. The second-order valence-electron chi connectivity index (χ2n) is 27.9. The van der Waals surface area contributed by atoms with Gasteiger partial charge in [-0.15, -0.1) is 0 Å². The first-order valence-electron chi connectivity index (χ1n) is 29.9. The minimum absolute atomic E-state index is 0.0767. The molecule has 0 spiro atoms. The molecule has 9 fully saturated rings. The lowest BCUT2D eigenvalue weighted by Gasteiger charge is -2.72. The molecule has 0 aromatic rings. The van der Waals surface area contributed by atoms with Gasteiger partial charge in [0.05, 0.1) is 70.7 Å². The first kappa shape index (κ1) is 66.1. The zero-order valence-electron chi connectivity index (χ0n) is 48.8. The van der Waals surface area contributed by atoms with Gasteiger partial charge in [-0.3, -0.25) is 4.79 Å². The minimum Gasteiger partial charge on any atom is -0.432 e. The highest BCUT2D eigenvalue weighted by Crippen LogP contribution is 2.76. The second kappa shape index (κ2) is 24.0. The highest BCUT2D eigenvalue weighted by molar-refractivity contribution is 5.80. The molecule has 0 amide bonds. The number of allylic oxidation sites excluding steroid dienone is 2. The standard InChI is InChI=1S/C57H92O28/c1-23-40(81-45-39(72)41(28(64)18-76-45)82-49-43(73)56(75,21-61)22-78-49)36(69)38(71)46(79-23)83-42-33(66)27(63)17-77-48(42)85-50(74)57-12-11-51(2,3)13-25(57)24-7-8-30-52(4)14-26(62)44(84-47-37(70)35(68)34(67)29(16-58)80-47)55(19-59,20-60)31(52)9-10-53(30,5)54(24,6)15-32(57)65/h7,23,25-49,58-73,75H,8-22H2,1-6H3/t23-,25-,26+,27-,28-,29+,30-,31-,32+,33-,34+,35-,36-,37+,38+,39+,40+,41-,42+,43-,44+,45+,46-,47-,48+,49+,52-,53-,54-,56-,57-/m0/s1. The fraction of sp³-hybridized carbons (Fsp3) is 0.947. The van der Waals surface area contributed by atoms with Gasteiger partial charge in [-0.05, 0) is 97.7 Å². The van der Waals surface area contributed by atoms with Crippen molar-refractivity contribution in [3.8, 4) is 0 Å². The van der Waals surface area contributed by atoms with Gasteiger partial charge < -0.3 is 134 Å². The molecule has 0 radical (unpaired) electrons. The van der Waals surface area contributed by atoms with Gasteiger partial charge in [-0.1, -0.05) is 46.3 Å². The number of hydrogen-bond acceptors (Lipinski definition) is 28. The minimum atomic E-state index is -2.08. The third kappa shape index (κ3) is 10.6. The molecule has 28 heteroatoms. The maximum absolute atomic E-state index is 15.4. The molecule has 0 bridgehead atoms. The molecule has 5 aliphatic carbocycles. The van der Waals surface area contributed by atoms with E-state index in [1.807, 2.05) is 6.92 Å². The number of aliphatic hydroxyl groups is 17. The van der Waals surface area contributed by atoms with Crippen molar-refractivity contribution in [3.63, 3.8) is 0 Å². The van der Waals surface area contributed by atoms with E-state index in [9.17, 15) is 86.8 Å². The predicted octanol–water partition coefficient (Wildman–Crippen LogP) is -5.38. The van der Waals surface area contributed by atoms with Gasteiger partial charge in [0.1, 0.15) is 90.4 Å². The Morgan fingerprint density at radius 3 is 1.89 bits per heavy atom. The summed E-state index contributed by atoms with van der Waals surface area (Å²) in [4.78, 5) is 15.4. The summed E-state index contributed by atoms with van der Waals surface area (Å²) in [6.45, 7) is 7.41. The zero-order valence-corrected chi connectivity index (χ0v) is 48.8. The largest absolute Gasteiger partial charge is 0.432 e. The van der Waals surface area contributed by atoms with Crippen LogP contribution < -0.4 is 0 Å². The van der Waals surface area contributed by atoms with Crippen LogP contribution >= 0.6 is 0 Å². The van der Waals surface area contributed by atoms with Crippen LogP contribution in [0.25, 0.3) is 0 Å². The first-order chi connectivity index (χ1) is 39.9. The molecular formula is C57H92O28. The molecule has 5 saturated heterocycles. The van der Waals surface area contributed by atoms with E-state index in [0.717, 1.165) is 5.57 Å². The van der Waals surface area contributed by atoms with E-state index < -0.39 is 238 Å². The first-order valence-corrected chi connectivity index (χ1v) is 29.9. The van der Waals surface area contributed by atoms with Crippen LogP contribution in [0.4, 0.5) is 0 Å². The second-order valence-corrected chi connectivity index (χ2v) is 27.9. The number of rotatable bonds is 14. The lowest BCUT2D eigenvalue weighted by molar-refractivity contribution is -0.372. The summed E-state index contributed by atoms with van der Waals surface area (Å²) >= 11 is 0. The Hall–Kier alpha value is -1.83. The van der Waals surface area contributed by atoms with Crippen molar-refractivity contribution in [2.75, 3.05) is 46.2 Å². The molecule has 488 valence electrons. The lowest BCUT2D eigenvalue weighted by atomic mass is 9.33. The van der Waals surface area contributed by atoms with Crippen molar-refractivity contribution in [1.29, 1.82) is 0 Å². The van der Waals surface area contributed by atoms with Crippen molar-refractivity contribution in [1.82, 2.24) is 0 Å². The molecule has 0 aromatic heterocycles. The van der Waals surface area contributed by atoms with E-state index in [2.05, 4.69) is 33.8 Å². The van der Waals surface area contributed by atoms with Gasteiger partial charge >= 0.3 is 5.97 Å². The van der Waals surface area contributed by atoms with Crippen molar-refractivity contribution >= 4 is 5.97 Å². The molecule has 31 atom stereocenters. The van der Waals surface area contributed by atoms with Crippen LogP contribution in [-0.4, -0.2) is 286 Å². The Labute approximate surface area is 491 Å². The van der Waals surface area contributed by atoms with E-state index in [-0.39, 0.29) is 30.6 Å². The van der Waals surface area contributed by atoms with Gasteiger partial charge in [0.15, 0.2) is 31.3 Å². The normalized spacial score (nSPS) is 54.0. The van der Waals surface area contributed by atoms with Crippen LogP contribution in [0.3, 0.4) is 0 Å². The van der Waals surface area contributed by atoms with Gasteiger partial charge in [0.2, 0.25) is 6.29 Å². The Morgan fingerprint density at radius 1 is 0.600 bits per heavy atom. The van der Waals surface area contributed by atoms with Crippen molar-refractivity contribution in [3.05, 3.63) is 11.6 Å². The average molecular weight is 1230 g/mol. The highest BCUT2D eigenvalue weighted by atomic mass is 16.8. The third-order valence-electron chi connectivity index (χ3n) is 22.6. The predicted molar refractivity (Wildman–Crippen MR) is 282 cm³/mol. The molecule has 85 heavy (non-hydrogen) atoms. The van der Waals surface area contributed by atoms with Gasteiger partial charge in [-0.25, -0.2) is 0 Å². The van der Waals surface area contributed by atoms with Gasteiger partial charge in [-0.2, -0.15) is 0 Å². The maximum Gasteiger partial charge on any atom is 0.317 e. The lowest BCUT2D eigenvalue weighted by Crippen LogP contribution is -2.71. The molecule has 0 unspecified atom stereocenters. The van der Waals surface area contributed by atoms with Gasteiger partial charge in [0.25, 0.3) is 0 Å². The molecule has 10 aliphatic rings. The van der Waals surface area contributed by atoms with E-state index in [1.165, 1.54) is 6.92 Å². The number of hydrogen-bond donors (Lipinski definition) is 17. The van der Waals surface area contributed by atoms with E-state index >= 15 is 4.79 Å². The third-order valence-corrected chi connectivity index (χ3v) is 22.6. The Bertz CT molecular complexity index is 2380. The number of esters is 1. The highest BCUT2D eigenvalue weighted by Gasteiger charge is 2.74. The van der Waals surface area contributed by atoms with Crippen LogP contribution in [0, 0.1) is 50.2 Å². The molecule has 10 rings (SSSR count). The summed E-state index contributed by atoms with van der Waals surface area (Å²) in [5.74, 6) is -2.25. The fourth-order valence-corrected chi connectivity index (χ4v) is 17.4. The summed E-state index contributed by atoms with van der Waals surface area (Å²) in [5.41, 5.74) is -6.87. The molecular weight excluding hydrogens is 1130 g/mol. The Balaban J connectivity index is 0.864. The van der Waals surface area contributed by atoms with E-state index in [0.29, 0.717) is 32.1 Å². The van der Waals surface area contributed by atoms with Gasteiger partial charge in [0, 0.05) is 5.41 Å². The molecule has 4 saturated carbocycles. The van der Waals surface area contributed by atoms with Crippen LogP contribution in [0.1, 0.15) is 92.9 Å². The van der Waals surface area contributed by atoms with Crippen molar-refractivity contribution in [2.24, 2.45) is 50.2 Å². The monoisotopic (exact) mass is 1220 g/mol. The summed E-state index contributed by atoms with van der Waals surface area (Å²) in [6, 6.07) is 0. The fourth-order valence-electron chi connectivity index (χ4n) is 17.4. The number of carbonyl (C=O) groups excluding carboxylic acids is 1. The van der Waals surface area contributed by atoms with E-state index in [1.54, 1.807) is 0 Å². The number of ether oxygens (including phenoxy) is 10. The van der Waals surface area contributed by atoms with Crippen molar-refractivity contribution < 1.29 is 139 Å².